The molecule has 0 atom stereocenters. The molecule has 1 N–H and O–H groups in total. The maximum absolute atomic E-state index is 12.7. The normalized spacial score (nSPS) is 10.4. The largest absolute Gasteiger partial charge is 0.506 e. The second-order valence-electron chi connectivity index (χ2n) is 6.27. The van der Waals surface area contributed by atoms with Gasteiger partial charge in [0.25, 0.3) is 11.8 Å². The lowest BCUT2D eigenvalue weighted by molar-refractivity contribution is 0.0986. The van der Waals surface area contributed by atoms with E-state index in [1.807, 2.05) is 18.2 Å². The Kier molecular flexibility index (Phi) is 5.66. The smallest absolute Gasteiger partial charge is 0.258 e. The van der Waals surface area contributed by atoms with E-state index in [1.165, 1.54) is 15.9 Å². The Morgan fingerprint density at radius 3 is 1.96 bits per heavy atom. The number of phenols is 1. The zero-order valence-corrected chi connectivity index (χ0v) is 16.2. The van der Waals surface area contributed by atoms with Gasteiger partial charge in [0.05, 0.1) is 5.69 Å². The molecule has 0 saturated carbocycles. The van der Waals surface area contributed by atoms with Gasteiger partial charge in [0.1, 0.15) is 5.75 Å². The first-order chi connectivity index (χ1) is 13.4. The van der Waals surface area contributed by atoms with Crippen molar-refractivity contribution in [1.29, 1.82) is 0 Å². The summed E-state index contributed by atoms with van der Waals surface area (Å²) < 4.78 is 0. The molecule has 0 aliphatic heterocycles. The van der Waals surface area contributed by atoms with Crippen molar-refractivity contribution in [2.75, 3.05) is 23.9 Å². The topological polar surface area (TPSA) is 60.9 Å². The third-order valence-electron chi connectivity index (χ3n) is 4.43. The number of carbonyl (C=O) groups is 2. The molecule has 0 aliphatic carbocycles. The Hall–Kier alpha value is -3.31. The molecule has 3 rings (SSSR count). The fourth-order valence-electron chi connectivity index (χ4n) is 2.80. The number of hydrogen-bond acceptors (Lipinski definition) is 3. The Morgan fingerprint density at radius 2 is 1.36 bits per heavy atom. The van der Waals surface area contributed by atoms with E-state index in [9.17, 15) is 14.7 Å². The van der Waals surface area contributed by atoms with Gasteiger partial charge in [-0.25, -0.2) is 0 Å². The van der Waals surface area contributed by atoms with Crippen LogP contribution in [0.25, 0.3) is 0 Å². The molecule has 3 aromatic carbocycles. The summed E-state index contributed by atoms with van der Waals surface area (Å²) in [6, 6.07) is 20.3. The summed E-state index contributed by atoms with van der Waals surface area (Å²) in [5.41, 5.74) is 2.04. The summed E-state index contributed by atoms with van der Waals surface area (Å²) in [7, 11) is 3.26. The first kappa shape index (κ1) is 19.5. The fourth-order valence-corrected chi connectivity index (χ4v) is 2.97. The van der Waals surface area contributed by atoms with Crippen molar-refractivity contribution in [3.05, 3.63) is 88.9 Å². The summed E-state index contributed by atoms with van der Waals surface area (Å²) >= 11 is 5.84. The Labute approximate surface area is 168 Å². The van der Waals surface area contributed by atoms with Gasteiger partial charge < -0.3 is 14.9 Å². The second-order valence-corrected chi connectivity index (χ2v) is 6.71. The molecule has 2 amide bonds. The number of halogens is 1. The van der Waals surface area contributed by atoms with Gasteiger partial charge in [0.2, 0.25) is 0 Å². The predicted octanol–water partition coefficient (Wildman–Crippen LogP) is 4.60. The number of amides is 2. The summed E-state index contributed by atoms with van der Waals surface area (Å²) in [5, 5.41) is 10.4. The highest BCUT2D eigenvalue weighted by molar-refractivity contribution is 6.30. The summed E-state index contributed by atoms with van der Waals surface area (Å²) in [6.45, 7) is 0. The number of phenolic OH excluding ortho intramolecular Hbond substituents is 1. The lowest BCUT2D eigenvalue weighted by Gasteiger charge is -2.20. The van der Waals surface area contributed by atoms with Gasteiger partial charge in [-0.3, -0.25) is 9.59 Å². The molecule has 0 heterocycles. The van der Waals surface area contributed by atoms with Crippen LogP contribution in [0.5, 0.6) is 5.75 Å². The Bertz CT molecular complexity index is 1000. The highest BCUT2D eigenvalue weighted by atomic mass is 35.5. The number of anilines is 2. The molecule has 0 aromatic heterocycles. The van der Waals surface area contributed by atoms with Crippen molar-refractivity contribution >= 4 is 34.8 Å². The molecule has 5 nitrogen and oxygen atoms in total. The van der Waals surface area contributed by atoms with Crippen LogP contribution in [0.4, 0.5) is 11.4 Å². The molecule has 0 radical (unpaired) electrons. The van der Waals surface area contributed by atoms with Crippen LogP contribution in [0.2, 0.25) is 5.02 Å². The Morgan fingerprint density at radius 1 is 0.786 bits per heavy atom. The molecular formula is C22H19ClN2O3. The van der Waals surface area contributed by atoms with E-state index in [2.05, 4.69) is 0 Å². The first-order valence-electron chi connectivity index (χ1n) is 8.58. The van der Waals surface area contributed by atoms with E-state index in [0.717, 1.165) is 0 Å². The molecule has 3 aromatic rings. The third-order valence-corrected chi connectivity index (χ3v) is 4.67. The monoisotopic (exact) mass is 394 g/mol. The van der Waals surface area contributed by atoms with Crippen LogP contribution in [0.15, 0.2) is 72.8 Å². The molecule has 0 bridgehead atoms. The lowest BCUT2D eigenvalue weighted by atomic mass is 10.1. The van der Waals surface area contributed by atoms with Crippen molar-refractivity contribution in [2.45, 2.75) is 0 Å². The lowest BCUT2D eigenvalue weighted by Crippen LogP contribution is -2.27. The average Bonchev–Trinajstić information content (AvgIpc) is 2.72. The number of carbonyl (C=O) groups excluding carboxylic acids is 2. The number of benzene rings is 3. The van der Waals surface area contributed by atoms with Gasteiger partial charge in [0.15, 0.2) is 0 Å². The molecule has 0 unspecified atom stereocenters. The van der Waals surface area contributed by atoms with Gasteiger partial charge >= 0.3 is 0 Å². The van der Waals surface area contributed by atoms with Gasteiger partial charge in [-0.15, -0.1) is 0 Å². The Balaban J connectivity index is 1.78. The van der Waals surface area contributed by atoms with Crippen LogP contribution in [0, 0.1) is 0 Å². The summed E-state index contributed by atoms with van der Waals surface area (Å²) in [5.74, 6) is -0.503. The molecule has 0 saturated heterocycles. The van der Waals surface area contributed by atoms with E-state index in [4.69, 9.17) is 11.6 Å². The quantitative estimate of drug-likeness (QED) is 0.703. The first-order valence-corrected chi connectivity index (χ1v) is 8.96. The van der Waals surface area contributed by atoms with Crippen molar-refractivity contribution in [2.24, 2.45) is 0 Å². The van der Waals surface area contributed by atoms with Crippen LogP contribution in [0.3, 0.4) is 0 Å². The van der Waals surface area contributed by atoms with Gasteiger partial charge in [-0.05, 0) is 48.5 Å². The van der Waals surface area contributed by atoms with Gasteiger partial charge in [-0.2, -0.15) is 0 Å². The summed E-state index contributed by atoms with van der Waals surface area (Å²) in [4.78, 5) is 28.1. The van der Waals surface area contributed by atoms with Gasteiger partial charge in [-0.1, -0.05) is 29.8 Å². The van der Waals surface area contributed by atoms with E-state index in [0.29, 0.717) is 27.5 Å². The molecule has 0 fully saturated rings. The highest BCUT2D eigenvalue weighted by Gasteiger charge is 2.18. The standard InChI is InChI=1S/C22H19ClN2O3/c1-24(21(27)15-6-4-3-5-7-15)18-11-8-16(9-12-18)22(28)25(2)19-13-10-17(23)14-20(19)26/h3-14,26H,1-2H3. The molecular weight excluding hydrogens is 376 g/mol. The third kappa shape index (κ3) is 4.00. The minimum absolute atomic E-state index is 0.0758. The van der Waals surface area contributed by atoms with Crippen molar-refractivity contribution in [3.63, 3.8) is 0 Å². The van der Waals surface area contributed by atoms with Crippen molar-refractivity contribution < 1.29 is 14.7 Å². The maximum atomic E-state index is 12.7. The molecule has 28 heavy (non-hydrogen) atoms. The van der Waals surface area contributed by atoms with Crippen LogP contribution in [0.1, 0.15) is 20.7 Å². The minimum Gasteiger partial charge on any atom is -0.506 e. The zero-order valence-electron chi connectivity index (χ0n) is 15.5. The van der Waals surface area contributed by atoms with Crippen molar-refractivity contribution in [1.82, 2.24) is 0 Å². The second kappa shape index (κ2) is 8.15. The van der Waals surface area contributed by atoms with E-state index >= 15 is 0 Å². The van der Waals surface area contributed by atoms with Crippen LogP contribution >= 0.6 is 11.6 Å². The average molecular weight is 395 g/mol. The number of rotatable bonds is 4. The predicted molar refractivity (Wildman–Crippen MR) is 111 cm³/mol. The molecule has 142 valence electrons. The number of nitrogens with zero attached hydrogens (tertiary/aromatic N) is 2. The molecule has 0 spiro atoms. The minimum atomic E-state index is -0.291. The summed E-state index contributed by atoms with van der Waals surface area (Å²) in [6.07, 6.45) is 0. The molecule has 6 heteroatoms. The van der Waals surface area contributed by atoms with Crippen LogP contribution < -0.4 is 9.80 Å². The van der Waals surface area contributed by atoms with Crippen LogP contribution in [-0.4, -0.2) is 31.0 Å². The molecule has 0 aliphatic rings. The maximum Gasteiger partial charge on any atom is 0.258 e. The number of hydrogen-bond donors (Lipinski definition) is 1. The van der Waals surface area contributed by atoms with E-state index in [-0.39, 0.29) is 17.6 Å². The highest BCUT2D eigenvalue weighted by Crippen LogP contribution is 2.30. The number of aromatic hydroxyl groups is 1. The van der Waals surface area contributed by atoms with Crippen LogP contribution in [-0.2, 0) is 0 Å². The fraction of sp³-hybridized carbons (Fsp3) is 0.0909. The zero-order chi connectivity index (χ0) is 20.3. The van der Waals surface area contributed by atoms with E-state index < -0.39 is 0 Å². The van der Waals surface area contributed by atoms with Gasteiger partial charge in [0, 0.05) is 42.0 Å². The van der Waals surface area contributed by atoms with E-state index in [1.54, 1.807) is 62.6 Å². The SMILES string of the molecule is CN(C(=O)c1ccccc1)c1ccc(C(=O)N(C)c2ccc(Cl)cc2O)cc1. The van der Waals surface area contributed by atoms with Crippen molar-refractivity contribution in [3.8, 4) is 5.75 Å².